The molecule has 3 N–H and O–H groups in total. The molecule has 0 aliphatic carbocycles. The number of aromatic amines is 1. The first-order valence-corrected chi connectivity index (χ1v) is 4.45. The third-order valence-corrected chi connectivity index (χ3v) is 2.31. The van der Waals surface area contributed by atoms with Crippen molar-refractivity contribution in [3.8, 4) is 0 Å². The molecule has 6 heteroatoms. The number of fused-ring (bicyclic) bond motifs is 1. The van der Waals surface area contributed by atoms with Gasteiger partial charge in [-0.05, 0) is 13.0 Å². The van der Waals surface area contributed by atoms with Crippen molar-refractivity contribution in [1.82, 2.24) is 15.1 Å². The topological polar surface area (TPSA) is 70.0 Å². The van der Waals surface area contributed by atoms with Crippen molar-refractivity contribution in [3.63, 3.8) is 0 Å². The van der Waals surface area contributed by atoms with E-state index in [1.807, 2.05) is 0 Å². The highest BCUT2D eigenvalue weighted by atomic mass is 35.5. The van der Waals surface area contributed by atoms with Crippen LogP contribution in [0.15, 0.2) is 4.79 Å². The Kier molecular flexibility index (Phi) is 3.74. The number of nitrogens with one attached hydrogen (secondary N) is 2. The lowest BCUT2D eigenvalue weighted by Crippen LogP contribution is -2.27. The molecular formula is C8H14ClN3O2. The van der Waals surface area contributed by atoms with Crippen molar-refractivity contribution >= 4 is 12.4 Å². The summed E-state index contributed by atoms with van der Waals surface area (Å²) in [5.41, 5.74) is 1.85. The number of aliphatic hydroxyl groups excluding tert-OH is 1. The molecule has 0 bridgehead atoms. The Hall–Kier alpha value is -0.780. The fourth-order valence-corrected chi connectivity index (χ4v) is 1.66. The minimum Gasteiger partial charge on any atom is -0.394 e. The normalized spacial score (nSPS) is 14.6. The van der Waals surface area contributed by atoms with Crippen LogP contribution in [0.25, 0.3) is 0 Å². The molecular weight excluding hydrogens is 206 g/mol. The van der Waals surface area contributed by atoms with Crippen LogP contribution in [0.1, 0.15) is 11.3 Å². The minimum absolute atomic E-state index is 0. The largest absolute Gasteiger partial charge is 0.394 e. The fraction of sp³-hybridized carbons (Fsp3) is 0.625. The molecule has 5 nitrogen and oxygen atoms in total. The second-order valence-corrected chi connectivity index (χ2v) is 3.18. The molecule has 80 valence electrons. The van der Waals surface area contributed by atoms with E-state index in [2.05, 4.69) is 10.4 Å². The van der Waals surface area contributed by atoms with E-state index in [0.717, 1.165) is 30.8 Å². The number of halogens is 1. The second kappa shape index (κ2) is 4.63. The van der Waals surface area contributed by atoms with Crippen LogP contribution in [0.4, 0.5) is 0 Å². The van der Waals surface area contributed by atoms with Gasteiger partial charge >= 0.3 is 0 Å². The van der Waals surface area contributed by atoms with E-state index >= 15 is 0 Å². The summed E-state index contributed by atoms with van der Waals surface area (Å²) < 4.78 is 1.47. The number of hydrogen-bond acceptors (Lipinski definition) is 3. The van der Waals surface area contributed by atoms with Gasteiger partial charge in [0.15, 0.2) is 0 Å². The van der Waals surface area contributed by atoms with Gasteiger partial charge in [0.1, 0.15) is 0 Å². The molecule has 2 rings (SSSR count). The van der Waals surface area contributed by atoms with E-state index in [1.165, 1.54) is 4.68 Å². The van der Waals surface area contributed by atoms with Crippen LogP contribution in [0.5, 0.6) is 0 Å². The Labute approximate surface area is 87.5 Å². The number of hydrogen-bond donors (Lipinski definition) is 3. The van der Waals surface area contributed by atoms with Gasteiger partial charge in [-0.1, -0.05) is 0 Å². The van der Waals surface area contributed by atoms with Crippen LogP contribution in [0.2, 0.25) is 0 Å². The molecule has 1 aliphatic heterocycles. The summed E-state index contributed by atoms with van der Waals surface area (Å²) in [6, 6.07) is 0. The van der Waals surface area contributed by atoms with Gasteiger partial charge in [0, 0.05) is 12.1 Å². The molecule has 1 aromatic rings. The summed E-state index contributed by atoms with van der Waals surface area (Å²) in [6.07, 6.45) is 0.781. The molecule has 0 radical (unpaired) electrons. The Balaban J connectivity index is 0.000000980. The fourth-order valence-electron chi connectivity index (χ4n) is 1.66. The zero-order chi connectivity index (χ0) is 9.26. The first kappa shape index (κ1) is 11.3. The van der Waals surface area contributed by atoms with Crippen LogP contribution in [-0.4, -0.2) is 28.0 Å². The monoisotopic (exact) mass is 219 g/mol. The van der Waals surface area contributed by atoms with Crippen LogP contribution in [0, 0.1) is 0 Å². The van der Waals surface area contributed by atoms with Crippen LogP contribution < -0.4 is 10.9 Å². The number of nitrogens with zero attached hydrogens (tertiary/aromatic N) is 1. The predicted molar refractivity (Wildman–Crippen MR) is 54.8 cm³/mol. The summed E-state index contributed by atoms with van der Waals surface area (Å²) in [5, 5.41) is 14.9. The van der Waals surface area contributed by atoms with Gasteiger partial charge in [-0.2, -0.15) is 0 Å². The smallest absolute Gasteiger partial charge is 0.270 e. The van der Waals surface area contributed by atoms with E-state index < -0.39 is 0 Å². The van der Waals surface area contributed by atoms with Crippen molar-refractivity contribution in [3.05, 3.63) is 21.6 Å². The third kappa shape index (κ3) is 1.84. The molecule has 0 fully saturated rings. The molecule has 0 saturated heterocycles. The van der Waals surface area contributed by atoms with E-state index in [1.54, 1.807) is 0 Å². The van der Waals surface area contributed by atoms with E-state index in [4.69, 9.17) is 5.11 Å². The molecule has 14 heavy (non-hydrogen) atoms. The molecule has 0 atom stereocenters. The summed E-state index contributed by atoms with van der Waals surface area (Å²) in [5.74, 6) is 0. The second-order valence-electron chi connectivity index (χ2n) is 3.18. The lowest BCUT2D eigenvalue weighted by molar-refractivity contribution is 0.267. The van der Waals surface area contributed by atoms with Crippen molar-refractivity contribution in [2.75, 3.05) is 13.2 Å². The first-order chi connectivity index (χ1) is 6.33. The Morgan fingerprint density at radius 3 is 2.93 bits per heavy atom. The van der Waals surface area contributed by atoms with Gasteiger partial charge in [0.25, 0.3) is 5.56 Å². The molecule has 1 aromatic heterocycles. The van der Waals surface area contributed by atoms with Crippen LogP contribution in [0.3, 0.4) is 0 Å². The van der Waals surface area contributed by atoms with E-state index in [9.17, 15) is 4.79 Å². The van der Waals surface area contributed by atoms with Gasteiger partial charge in [-0.15, -0.1) is 12.4 Å². The van der Waals surface area contributed by atoms with Crippen molar-refractivity contribution in [2.24, 2.45) is 0 Å². The Morgan fingerprint density at radius 1 is 1.50 bits per heavy atom. The highest BCUT2D eigenvalue weighted by molar-refractivity contribution is 5.85. The Morgan fingerprint density at radius 2 is 2.29 bits per heavy atom. The summed E-state index contributed by atoms with van der Waals surface area (Å²) in [7, 11) is 0. The molecule has 0 spiro atoms. The first-order valence-electron chi connectivity index (χ1n) is 4.45. The highest BCUT2D eigenvalue weighted by Gasteiger charge is 2.16. The van der Waals surface area contributed by atoms with Crippen molar-refractivity contribution in [2.45, 2.75) is 19.5 Å². The van der Waals surface area contributed by atoms with E-state index in [-0.39, 0.29) is 24.6 Å². The number of aliphatic hydroxyl groups is 1. The van der Waals surface area contributed by atoms with E-state index in [0.29, 0.717) is 6.54 Å². The van der Waals surface area contributed by atoms with Crippen molar-refractivity contribution < 1.29 is 5.11 Å². The quantitative estimate of drug-likeness (QED) is 0.612. The van der Waals surface area contributed by atoms with Gasteiger partial charge in [0.2, 0.25) is 0 Å². The van der Waals surface area contributed by atoms with Gasteiger partial charge in [-0.3, -0.25) is 14.6 Å². The van der Waals surface area contributed by atoms with Crippen LogP contribution in [-0.2, 0) is 19.5 Å². The average molecular weight is 220 g/mol. The number of aromatic nitrogens is 2. The van der Waals surface area contributed by atoms with Gasteiger partial charge in [-0.25, -0.2) is 0 Å². The zero-order valence-corrected chi connectivity index (χ0v) is 8.56. The summed E-state index contributed by atoms with van der Waals surface area (Å²) >= 11 is 0. The van der Waals surface area contributed by atoms with Gasteiger partial charge < -0.3 is 10.4 Å². The molecule has 0 amide bonds. The Bertz CT molecular complexity index is 358. The van der Waals surface area contributed by atoms with Crippen LogP contribution >= 0.6 is 12.4 Å². The van der Waals surface area contributed by atoms with Crippen molar-refractivity contribution in [1.29, 1.82) is 0 Å². The summed E-state index contributed by atoms with van der Waals surface area (Å²) in [4.78, 5) is 11.6. The molecule has 1 aliphatic rings. The zero-order valence-electron chi connectivity index (χ0n) is 7.75. The maximum absolute atomic E-state index is 11.6. The maximum Gasteiger partial charge on any atom is 0.270 e. The summed E-state index contributed by atoms with van der Waals surface area (Å²) in [6.45, 7) is 1.93. The predicted octanol–water partition coefficient (Wildman–Crippen LogP) is -0.764. The number of H-pyrrole nitrogens is 1. The third-order valence-electron chi connectivity index (χ3n) is 2.31. The molecule has 0 saturated carbocycles. The lowest BCUT2D eigenvalue weighted by atomic mass is 10.1. The maximum atomic E-state index is 11.6. The van der Waals surface area contributed by atoms with Gasteiger partial charge in [0.05, 0.1) is 18.8 Å². The molecule has 0 aromatic carbocycles. The molecule has 2 heterocycles. The highest BCUT2D eigenvalue weighted by Crippen LogP contribution is 2.05. The molecule has 0 unspecified atom stereocenters. The lowest BCUT2D eigenvalue weighted by Gasteiger charge is -2.09. The average Bonchev–Trinajstić information content (AvgIpc) is 2.46. The SMILES string of the molecule is Cl.O=c1c2c([nH]n1CCO)CNCC2. The number of rotatable bonds is 2. The minimum atomic E-state index is -0.00721. The standard InChI is InChI=1S/C8H13N3O2.ClH/c12-4-3-11-8(13)6-1-2-9-5-7(6)10-11;/h9-10,12H,1-5H2;1H.